The standard InChI is InChI=1S/C14H16Cl2N4S/c15-11-2-1-3-12(16)13(11)20-6-4-19(5-7-20)9-10-8-18-14(17)21-10/h1-3,8H,4-7,9H2,(H2,17,18). The summed E-state index contributed by atoms with van der Waals surface area (Å²) in [4.78, 5) is 9.95. The molecule has 1 aromatic carbocycles. The topological polar surface area (TPSA) is 45.4 Å². The van der Waals surface area contributed by atoms with E-state index in [-0.39, 0.29) is 0 Å². The molecule has 112 valence electrons. The van der Waals surface area contributed by atoms with Gasteiger partial charge in [-0.2, -0.15) is 0 Å². The highest BCUT2D eigenvalue weighted by Crippen LogP contribution is 2.34. The number of nitrogens with two attached hydrogens (primary N) is 1. The molecule has 3 rings (SSSR count). The van der Waals surface area contributed by atoms with Gasteiger partial charge in [-0.05, 0) is 12.1 Å². The van der Waals surface area contributed by atoms with E-state index in [2.05, 4.69) is 14.8 Å². The molecule has 0 unspecified atom stereocenters. The van der Waals surface area contributed by atoms with Crippen LogP contribution in [0.1, 0.15) is 4.88 Å². The predicted molar refractivity (Wildman–Crippen MR) is 90.5 cm³/mol. The Labute approximate surface area is 138 Å². The fourth-order valence-corrected chi connectivity index (χ4v) is 3.90. The Balaban J connectivity index is 1.62. The third-order valence-electron chi connectivity index (χ3n) is 3.58. The second-order valence-electron chi connectivity index (χ2n) is 5.00. The number of benzene rings is 1. The summed E-state index contributed by atoms with van der Waals surface area (Å²) >= 11 is 14.1. The van der Waals surface area contributed by atoms with Crippen molar-refractivity contribution < 1.29 is 0 Å². The van der Waals surface area contributed by atoms with E-state index < -0.39 is 0 Å². The number of rotatable bonds is 3. The number of halogens is 2. The molecule has 2 N–H and O–H groups in total. The highest BCUT2D eigenvalue weighted by molar-refractivity contribution is 7.15. The number of para-hydroxylation sites is 1. The van der Waals surface area contributed by atoms with Gasteiger partial charge in [0, 0.05) is 43.8 Å². The lowest BCUT2D eigenvalue weighted by Gasteiger charge is -2.36. The molecule has 0 amide bonds. The molecule has 1 saturated heterocycles. The van der Waals surface area contributed by atoms with Crippen LogP contribution in [0.3, 0.4) is 0 Å². The van der Waals surface area contributed by atoms with Crippen molar-refractivity contribution in [2.24, 2.45) is 0 Å². The smallest absolute Gasteiger partial charge is 0.180 e. The van der Waals surface area contributed by atoms with Gasteiger partial charge in [-0.3, -0.25) is 4.90 Å². The summed E-state index contributed by atoms with van der Waals surface area (Å²) < 4.78 is 0. The molecule has 1 fully saturated rings. The van der Waals surface area contributed by atoms with Gasteiger partial charge in [0.1, 0.15) is 0 Å². The molecule has 0 aliphatic carbocycles. The second-order valence-corrected chi connectivity index (χ2v) is 6.96. The van der Waals surface area contributed by atoms with Crippen molar-refractivity contribution in [1.29, 1.82) is 0 Å². The van der Waals surface area contributed by atoms with Crippen LogP contribution in [0.2, 0.25) is 10.0 Å². The van der Waals surface area contributed by atoms with Crippen molar-refractivity contribution in [3.8, 4) is 0 Å². The SMILES string of the molecule is Nc1ncc(CN2CCN(c3c(Cl)cccc3Cl)CC2)s1. The van der Waals surface area contributed by atoms with Crippen molar-refractivity contribution in [2.45, 2.75) is 6.54 Å². The summed E-state index contributed by atoms with van der Waals surface area (Å²) in [6.45, 7) is 4.67. The molecule has 4 nitrogen and oxygen atoms in total. The van der Waals surface area contributed by atoms with E-state index in [0.717, 1.165) is 38.4 Å². The summed E-state index contributed by atoms with van der Waals surface area (Å²) in [6, 6.07) is 5.64. The maximum Gasteiger partial charge on any atom is 0.180 e. The van der Waals surface area contributed by atoms with Crippen LogP contribution in [-0.4, -0.2) is 36.1 Å². The molecule has 2 aromatic rings. The lowest BCUT2D eigenvalue weighted by molar-refractivity contribution is 0.252. The van der Waals surface area contributed by atoms with Crippen LogP contribution in [-0.2, 0) is 6.54 Å². The van der Waals surface area contributed by atoms with Crippen molar-refractivity contribution in [3.63, 3.8) is 0 Å². The minimum absolute atomic E-state index is 0.631. The lowest BCUT2D eigenvalue weighted by atomic mass is 10.2. The van der Waals surface area contributed by atoms with Gasteiger partial charge in [0.15, 0.2) is 5.13 Å². The Morgan fingerprint density at radius 1 is 1.14 bits per heavy atom. The molecule has 0 radical (unpaired) electrons. The second kappa shape index (κ2) is 6.40. The Morgan fingerprint density at radius 2 is 1.81 bits per heavy atom. The Morgan fingerprint density at radius 3 is 2.38 bits per heavy atom. The number of piperazine rings is 1. The monoisotopic (exact) mass is 342 g/mol. The molecule has 0 spiro atoms. The largest absolute Gasteiger partial charge is 0.375 e. The molecule has 21 heavy (non-hydrogen) atoms. The van der Waals surface area contributed by atoms with E-state index in [1.165, 1.54) is 4.88 Å². The molecule has 0 atom stereocenters. The third kappa shape index (κ3) is 3.43. The van der Waals surface area contributed by atoms with Crippen molar-refractivity contribution in [1.82, 2.24) is 9.88 Å². The summed E-state index contributed by atoms with van der Waals surface area (Å²) in [6.07, 6.45) is 1.86. The van der Waals surface area contributed by atoms with Gasteiger partial charge < -0.3 is 10.6 Å². The number of aromatic nitrogens is 1. The molecule has 1 aromatic heterocycles. The van der Waals surface area contributed by atoms with Crippen LogP contribution < -0.4 is 10.6 Å². The maximum absolute atomic E-state index is 6.27. The fraction of sp³-hybridized carbons (Fsp3) is 0.357. The first-order chi connectivity index (χ1) is 10.1. The van der Waals surface area contributed by atoms with E-state index in [9.17, 15) is 0 Å². The highest BCUT2D eigenvalue weighted by Gasteiger charge is 2.21. The third-order valence-corrected chi connectivity index (χ3v) is 5.00. The van der Waals surface area contributed by atoms with Gasteiger partial charge in [-0.15, -0.1) is 11.3 Å². The van der Waals surface area contributed by atoms with Gasteiger partial charge in [-0.25, -0.2) is 4.98 Å². The van der Waals surface area contributed by atoms with Crippen LogP contribution >= 0.6 is 34.5 Å². The Hall–Kier alpha value is -1.01. The number of thiazole rings is 1. The number of anilines is 2. The summed E-state index contributed by atoms with van der Waals surface area (Å²) in [5.41, 5.74) is 6.61. The van der Waals surface area contributed by atoms with E-state index in [1.54, 1.807) is 11.3 Å². The molecule has 0 saturated carbocycles. The molecule has 7 heteroatoms. The normalized spacial score (nSPS) is 16.4. The summed E-state index contributed by atoms with van der Waals surface area (Å²) in [5.74, 6) is 0. The van der Waals surface area contributed by atoms with Gasteiger partial charge in [0.2, 0.25) is 0 Å². The summed E-state index contributed by atoms with van der Waals surface area (Å²) in [7, 11) is 0. The highest BCUT2D eigenvalue weighted by atomic mass is 35.5. The predicted octanol–water partition coefficient (Wildman–Crippen LogP) is 3.35. The first kappa shape index (κ1) is 14.9. The summed E-state index contributed by atoms with van der Waals surface area (Å²) in [5, 5.41) is 2.06. The Bertz CT molecular complexity index is 603. The zero-order chi connectivity index (χ0) is 14.8. The molecule has 2 heterocycles. The zero-order valence-electron chi connectivity index (χ0n) is 11.4. The van der Waals surface area contributed by atoms with E-state index in [0.29, 0.717) is 15.2 Å². The first-order valence-corrected chi connectivity index (χ1v) is 8.32. The van der Waals surface area contributed by atoms with Crippen LogP contribution in [0.4, 0.5) is 10.8 Å². The quantitative estimate of drug-likeness (QED) is 0.928. The molecule has 1 aliphatic rings. The number of hydrogen-bond donors (Lipinski definition) is 1. The van der Waals surface area contributed by atoms with Crippen molar-refractivity contribution >= 4 is 45.4 Å². The first-order valence-electron chi connectivity index (χ1n) is 6.75. The van der Waals surface area contributed by atoms with Gasteiger partial charge >= 0.3 is 0 Å². The fourth-order valence-electron chi connectivity index (χ4n) is 2.54. The van der Waals surface area contributed by atoms with E-state index >= 15 is 0 Å². The minimum atomic E-state index is 0.631. The van der Waals surface area contributed by atoms with E-state index in [4.69, 9.17) is 28.9 Å². The average molecular weight is 343 g/mol. The molecule has 1 aliphatic heterocycles. The van der Waals surface area contributed by atoms with Crippen molar-refractivity contribution in [3.05, 3.63) is 39.3 Å². The van der Waals surface area contributed by atoms with Crippen LogP contribution in [0.25, 0.3) is 0 Å². The number of nitrogens with zero attached hydrogens (tertiary/aromatic N) is 3. The number of hydrogen-bond acceptors (Lipinski definition) is 5. The van der Waals surface area contributed by atoms with Gasteiger partial charge in [0.25, 0.3) is 0 Å². The maximum atomic E-state index is 6.27. The van der Waals surface area contributed by atoms with Gasteiger partial charge in [-0.1, -0.05) is 29.3 Å². The van der Waals surface area contributed by atoms with Gasteiger partial charge in [0.05, 0.1) is 15.7 Å². The zero-order valence-corrected chi connectivity index (χ0v) is 13.8. The van der Waals surface area contributed by atoms with E-state index in [1.807, 2.05) is 24.4 Å². The van der Waals surface area contributed by atoms with Crippen molar-refractivity contribution in [2.75, 3.05) is 36.8 Å². The number of nitrogen functional groups attached to an aromatic ring is 1. The Kier molecular flexibility index (Phi) is 4.54. The lowest BCUT2D eigenvalue weighted by Crippen LogP contribution is -2.46. The molecular weight excluding hydrogens is 327 g/mol. The van der Waals surface area contributed by atoms with Crippen LogP contribution in [0.15, 0.2) is 24.4 Å². The van der Waals surface area contributed by atoms with Crippen LogP contribution in [0.5, 0.6) is 0 Å². The minimum Gasteiger partial charge on any atom is -0.375 e. The molecule has 0 bridgehead atoms. The van der Waals surface area contributed by atoms with Crippen LogP contribution in [0, 0.1) is 0 Å². The molecular formula is C14H16Cl2N4S. The average Bonchev–Trinajstić information content (AvgIpc) is 2.86.